The number of fused-ring (bicyclic) bond motifs is 3. The summed E-state index contributed by atoms with van der Waals surface area (Å²) in [4.78, 5) is 5.00. The fraction of sp³-hybridized carbons (Fsp3) is 0.250. The fourth-order valence-corrected chi connectivity index (χ4v) is 5.90. The minimum Gasteiger partial charge on any atom is -0.324 e. The number of hydrogen-bond donors (Lipinski definition) is 0. The van der Waals surface area contributed by atoms with Gasteiger partial charge in [-0.3, -0.25) is 0 Å². The smallest absolute Gasteiger partial charge is 0.211 e. The van der Waals surface area contributed by atoms with E-state index in [1.807, 2.05) is 18.2 Å². The van der Waals surface area contributed by atoms with Crippen LogP contribution in [0.25, 0.3) is 22.1 Å². The molecular formula is C20H19BrN4O2S2. The predicted molar refractivity (Wildman–Crippen MR) is 120 cm³/mol. The first kappa shape index (κ1) is 20.3. The van der Waals surface area contributed by atoms with Crippen LogP contribution in [0, 0.1) is 0 Å². The molecule has 0 atom stereocenters. The molecule has 4 aromatic rings. The van der Waals surface area contributed by atoms with Crippen molar-refractivity contribution in [1.29, 1.82) is 0 Å². The van der Waals surface area contributed by atoms with Crippen LogP contribution < -0.4 is 0 Å². The third-order valence-corrected chi connectivity index (χ3v) is 7.92. The normalized spacial score (nSPS) is 12.1. The van der Waals surface area contributed by atoms with E-state index >= 15 is 0 Å². The first-order valence-corrected chi connectivity index (χ1v) is 12.7. The van der Waals surface area contributed by atoms with Crippen molar-refractivity contribution in [3.05, 3.63) is 53.0 Å². The van der Waals surface area contributed by atoms with Gasteiger partial charge in [0.05, 0.1) is 16.2 Å². The number of nitrogens with zero attached hydrogens (tertiary/aromatic N) is 4. The third-order valence-electron chi connectivity index (χ3n) is 4.56. The van der Waals surface area contributed by atoms with E-state index in [4.69, 9.17) is 0 Å². The fourth-order valence-electron chi connectivity index (χ4n) is 3.20. The second-order valence-electron chi connectivity index (χ2n) is 6.56. The van der Waals surface area contributed by atoms with Crippen LogP contribution in [0.4, 0.5) is 0 Å². The van der Waals surface area contributed by atoms with Gasteiger partial charge in [-0.1, -0.05) is 52.8 Å². The Morgan fingerprint density at radius 1 is 1.07 bits per heavy atom. The van der Waals surface area contributed by atoms with Gasteiger partial charge in [-0.25, -0.2) is 13.4 Å². The Bertz CT molecular complexity index is 1270. The highest BCUT2D eigenvalue weighted by Crippen LogP contribution is 2.27. The summed E-state index contributed by atoms with van der Waals surface area (Å²) in [5.41, 5.74) is 2.66. The van der Waals surface area contributed by atoms with Gasteiger partial charge in [0.2, 0.25) is 5.16 Å². The summed E-state index contributed by atoms with van der Waals surface area (Å²) in [5, 5.41) is 10.1. The molecule has 0 spiro atoms. The molecule has 0 N–H and O–H groups in total. The molecule has 2 aromatic heterocycles. The van der Waals surface area contributed by atoms with Crippen molar-refractivity contribution >= 4 is 59.6 Å². The largest absolute Gasteiger partial charge is 0.324 e. The van der Waals surface area contributed by atoms with Crippen molar-refractivity contribution in [2.24, 2.45) is 0 Å². The summed E-state index contributed by atoms with van der Waals surface area (Å²) in [7, 11) is -3.35. The molecule has 0 aliphatic rings. The summed E-state index contributed by atoms with van der Waals surface area (Å²) >= 11 is 4.63. The zero-order valence-electron chi connectivity index (χ0n) is 15.7. The van der Waals surface area contributed by atoms with Crippen LogP contribution >= 0.6 is 27.7 Å². The number of rotatable bonds is 7. The number of aromatic nitrogens is 4. The monoisotopic (exact) mass is 490 g/mol. The Labute approximate surface area is 181 Å². The van der Waals surface area contributed by atoms with E-state index in [2.05, 4.69) is 48.7 Å². The van der Waals surface area contributed by atoms with Gasteiger partial charge in [0.15, 0.2) is 15.5 Å². The molecule has 2 heterocycles. The van der Waals surface area contributed by atoms with Gasteiger partial charge in [0.1, 0.15) is 5.52 Å². The lowest BCUT2D eigenvalue weighted by atomic mass is 10.2. The molecule has 0 unspecified atom stereocenters. The Kier molecular flexibility index (Phi) is 5.89. The highest BCUT2D eigenvalue weighted by Gasteiger charge is 2.17. The molecule has 0 amide bonds. The number of benzene rings is 2. The molecule has 9 heteroatoms. The standard InChI is InChI=1S/C20H19BrN4O2S2/c1-2-11-25-17-6-4-3-5-16(17)18-19(25)22-20(24-23-18)28-12-13-29(26,27)15-9-7-14(21)8-10-15/h3-10H,2,11-13H2,1H3. The quantitative estimate of drug-likeness (QED) is 0.348. The zero-order chi connectivity index (χ0) is 20.4. The third kappa shape index (κ3) is 4.17. The van der Waals surface area contributed by atoms with Crippen molar-refractivity contribution < 1.29 is 8.42 Å². The van der Waals surface area contributed by atoms with Crippen molar-refractivity contribution in [3.63, 3.8) is 0 Å². The molecule has 0 radical (unpaired) electrons. The van der Waals surface area contributed by atoms with E-state index in [9.17, 15) is 8.42 Å². The van der Waals surface area contributed by atoms with Crippen LogP contribution in [0.15, 0.2) is 63.1 Å². The van der Waals surface area contributed by atoms with Crippen LogP contribution in [0.2, 0.25) is 0 Å². The van der Waals surface area contributed by atoms with Crippen LogP contribution in [0.1, 0.15) is 13.3 Å². The molecule has 0 aliphatic carbocycles. The van der Waals surface area contributed by atoms with E-state index in [1.54, 1.807) is 24.3 Å². The Morgan fingerprint density at radius 3 is 2.59 bits per heavy atom. The average Bonchev–Trinajstić information content (AvgIpc) is 3.02. The predicted octanol–water partition coefficient (Wildman–Crippen LogP) is 4.72. The molecule has 150 valence electrons. The lowest BCUT2D eigenvalue weighted by Gasteiger charge is -2.05. The molecule has 0 saturated carbocycles. The first-order valence-electron chi connectivity index (χ1n) is 9.22. The zero-order valence-corrected chi connectivity index (χ0v) is 19.0. The van der Waals surface area contributed by atoms with Crippen LogP contribution in [-0.4, -0.2) is 39.7 Å². The molecule has 4 rings (SSSR count). The maximum atomic E-state index is 12.5. The van der Waals surface area contributed by atoms with E-state index in [0.29, 0.717) is 15.8 Å². The minimum atomic E-state index is -3.35. The lowest BCUT2D eigenvalue weighted by molar-refractivity contribution is 0.597. The number of para-hydroxylation sites is 1. The molecular weight excluding hydrogens is 472 g/mol. The summed E-state index contributed by atoms with van der Waals surface area (Å²) in [6.45, 7) is 2.96. The highest BCUT2D eigenvalue weighted by atomic mass is 79.9. The number of aryl methyl sites for hydroxylation is 1. The van der Waals surface area contributed by atoms with Crippen LogP contribution in [-0.2, 0) is 16.4 Å². The van der Waals surface area contributed by atoms with Gasteiger partial charge < -0.3 is 4.57 Å². The van der Waals surface area contributed by atoms with Crippen molar-refractivity contribution in [2.45, 2.75) is 29.9 Å². The van der Waals surface area contributed by atoms with Gasteiger partial charge >= 0.3 is 0 Å². The van der Waals surface area contributed by atoms with Gasteiger partial charge in [-0.15, -0.1) is 10.2 Å². The minimum absolute atomic E-state index is 0.0125. The summed E-state index contributed by atoms with van der Waals surface area (Å²) < 4.78 is 28.0. The molecule has 0 aliphatic heterocycles. The second-order valence-corrected chi connectivity index (χ2v) is 10.6. The topological polar surface area (TPSA) is 77.7 Å². The van der Waals surface area contributed by atoms with E-state index in [-0.39, 0.29) is 5.75 Å². The van der Waals surface area contributed by atoms with Crippen LogP contribution in [0.3, 0.4) is 0 Å². The first-order chi connectivity index (χ1) is 14.0. The molecule has 0 bridgehead atoms. The Morgan fingerprint density at radius 2 is 1.83 bits per heavy atom. The molecule has 29 heavy (non-hydrogen) atoms. The Hall–Kier alpha value is -1.97. The lowest BCUT2D eigenvalue weighted by Crippen LogP contribution is -2.09. The SMILES string of the molecule is CCCn1c2ccccc2c2nnc(SCCS(=O)(=O)c3ccc(Br)cc3)nc21. The molecule has 0 saturated heterocycles. The molecule has 6 nitrogen and oxygen atoms in total. The van der Waals surface area contributed by atoms with E-state index < -0.39 is 9.84 Å². The van der Waals surface area contributed by atoms with Crippen molar-refractivity contribution in [2.75, 3.05) is 11.5 Å². The second kappa shape index (κ2) is 8.41. The van der Waals surface area contributed by atoms with Gasteiger partial charge in [-0.2, -0.15) is 0 Å². The van der Waals surface area contributed by atoms with Gasteiger partial charge in [0, 0.05) is 22.2 Å². The Balaban J connectivity index is 1.56. The van der Waals surface area contributed by atoms with Crippen molar-refractivity contribution in [3.8, 4) is 0 Å². The van der Waals surface area contributed by atoms with E-state index in [0.717, 1.165) is 39.5 Å². The number of sulfone groups is 1. The average molecular weight is 491 g/mol. The molecule has 0 fully saturated rings. The van der Waals surface area contributed by atoms with Gasteiger partial charge in [-0.05, 0) is 36.8 Å². The summed E-state index contributed by atoms with van der Waals surface area (Å²) in [6, 6.07) is 14.7. The maximum Gasteiger partial charge on any atom is 0.211 e. The number of thioether (sulfide) groups is 1. The summed E-state index contributed by atoms with van der Waals surface area (Å²) in [6.07, 6.45) is 0.978. The summed E-state index contributed by atoms with van der Waals surface area (Å²) in [5.74, 6) is 0.373. The van der Waals surface area contributed by atoms with Crippen LogP contribution in [0.5, 0.6) is 0 Å². The molecule has 2 aromatic carbocycles. The van der Waals surface area contributed by atoms with Crippen molar-refractivity contribution in [1.82, 2.24) is 19.7 Å². The highest BCUT2D eigenvalue weighted by molar-refractivity contribution is 9.10. The number of halogens is 1. The van der Waals surface area contributed by atoms with Gasteiger partial charge in [0.25, 0.3) is 0 Å². The van der Waals surface area contributed by atoms with E-state index in [1.165, 1.54) is 11.8 Å². The maximum absolute atomic E-state index is 12.5. The number of hydrogen-bond acceptors (Lipinski definition) is 6.